The van der Waals surface area contributed by atoms with Gasteiger partial charge in [-0.05, 0) is 17.5 Å². The van der Waals surface area contributed by atoms with Gasteiger partial charge in [-0.15, -0.1) is 0 Å². The lowest BCUT2D eigenvalue weighted by Crippen LogP contribution is -2.35. The van der Waals surface area contributed by atoms with E-state index in [0.717, 1.165) is 6.07 Å². The number of nitrogens with zero attached hydrogens (tertiary/aromatic N) is 2. The number of aliphatic hydroxyl groups excluding tert-OH is 1. The summed E-state index contributed by atoms with van der Waals surface area (Å²) in [6.07, 6.45) is -4.57. The molecule has 6 heteroatoms. The van der Waals surface area contributed by atoms with Crippen molar-refractivity contribution in [2.45, 2.75) is 26.9 Å². The second-order valence-electron chi connectivity index (χ2n) is 6.02. The van der Waals surface area contributed by atoms with E-state index < -0.39 is 17.4 Å². The van der Waals surface area contributed by atoms with E-state index in [1.807, 2.05) is 20.8 Å². The average Bonchev–Trinajstić information content (AvgIpc) is 2.35. The fraction of sp³-hybridized carbons (Fsp3) is 0.533. The van der Waals surface area contributed by atoms with Crippen molar-refractivity contribution >= 4 is 11.4 Å². The highest BCUT2D eigenvalue weighted by atomic mass is 19.4. The number of alkyl halides is 3. The van der Waals surface area contributed by atoms with Crippen LogP contribution in [-0.2, 0) is 6.18 Å². The van der Waals surface area contributed by atoms with Crippen LogP contribution in [0.4, 0.5) is 24.5 Å². The van der Waals surface area contributed by atoms with Gasteiger partial charge in [0.25, 0.3) is 0 Å². The van der Waals surface area contributed by atoms with Gasteiger partial charge in [-0.3, -0.25) is 0 Å². The molecule has 0 saturated heterocycles. The predicted octanol–water partition coefficient (Wildman–Crippen LogP) is 4.10. The van der Waals surface area contributed by atoms with Crippen molar-refractivity contribution in [2.24, 2.45) is 5.41 Å². The van der Waals surface area contributed by atoms with Crippen LogP contribution in [-0.4, -0.2) is 24.8 Å². The first-order valence-corrected chi connectivity index (χ1v) is 6.53. The zero-order valence-corrected chi connectivity index (χ0v) is 12.3. The summed E-state index contributed by atoms with van der Waals surface area (Å²) in [6.45, 7) is 13.3. The van der Waals surface area contributed by atoms with Gasteiger partial charge in [0, 0.05) is 18.8 Å². The summed E-state index contributed by atoms with van der Waals surface area (Å²) in [5.74, 6) is 0. The van der Waals surface area contributed by atoms with E-state index in [0.29, 0.717) is 12.2 Å². The Balaban J connectivity index is 3.25. The lowest BCUT2D eigenvalue weighted by Gasteiger charge is -2.32. The van der Waals surface area contributed by atoms with Crippen molar-refractivity contribution in [1.82, 2.24) is 0 Å². The zero-order valence-electron chi connectivity index (χ0n) is 12.3. The first kappa shape index (κ1) is 17.3. The number of halogens is 3. The smallest absolute Gasteiger partial charge is 0.395 e. The topological polar surface area (TPSA) is 27.8 Å². The van der Waals surface area contributed by atoms with Crippen molar-refractivity contribution in [3.63, 3.8) is 0 Å². The van der Waals surface area contributed by atoms with Gasteiger partial charge in [0.05, 0.1) is 18.7 Å². The maximum atomic E-state index is 13.0. The summed E-state index contributed by atoms with van der Waals surface area (Å²) in [5, 5.41) is 9.11. The van der Waals surface area contributed by atoms with Gasteiger partial charge in [0.1, 0.15) is 0 Å². The number of hydrogen-bond donors (Lipinski definition) is 1. The van der Waals surface area contributed by atoms with Crippen LogP contribution in [0.2, 0.25) is 0 Å². The normalized spacial score (nSPS) is 12.1. The van der Waals surface area contributed by atoms with E-state index >= 15 is 0 Å². The van der Waals surface area contributed by atoms with Crippen molar-refractivity contribution in [1.29, 1.82) is 0 Å². The maximum absolute atomic E-state index is 13.0. The summed E-state index contributed by atoms with van der Waals surface area (Å²) in [7, 11) is 0. The molecule has 1 N–H and O–H groups in total. The minimum atomic E-state index is -4.57. The Bertz CT molecular complexity index is 527. The van der Waals surface area contributed by atoms with Crippen LogP contribution in [0.1, 0.15) is 26.3 Å². The van der Waals surface area contributed by atoms with Crippen LogP contribution >= 0.6 is 0 Å². The summed E-state index contributed by atoms with van der Waals surface area (Å²) in [5.41, 5.74) is -1.12. The highest BCUT2D eigenvalue weighted by molar-refractivity contribution is 5.62. The lowest BCUT2D eigenvalue weighted by molar-refractivity contribution is -0.136. The van der Waals surface area contributed by atoms with Gasteiger partial charge in [-0.25, -0.2) is 4.85 Å². The Morgan fingerprint density at radius 2 is 1.86 bits per heavy atom. The number of hydrogen-bond acceptors (Lipinski definition) is 2. The highest BCUT2D eigenvalue weighted by Crippen LogP contribution is 2.39. The van der Waals surface area contributed by atoms with Gasteiger partial charge in [0.2, 0.25) is 0 Å². The first-order valence-electron chi connectivity index (χ1n) is 6.53. The molecule has 3 nitrogen and oxygen atoms in total. The lowest BCUT2D eigenvalue weighted by atomic mass is 9.95. The van der Waals surface area contributed by atoms with Gasteiger partial charge < -0.3 is 10.0 Å². The Hall–Kier alpha value is -1.74. The Kier molecular flexibility index (Phi) is 5.24. The van der Waals surface area contributed by atoms with Crippen LogP contribution in [0.5, 0.6) is 0 Å². The monoisotopic (exact) mass is 300 g/mol. The minimum absolute atomic E-state index is 0.133. The zero-order chi connectivity index (χ0) is 16.3. The van der Waals surface area contributed by atoms with Crippen molar-refractivity contribution in [3.8, 4) is 0 Å². The molecular weight excluding hydrogens is 281 g/mol. The Labute approximate surface area is 122 Å². The molecule has 0 bridgehead atoms. The molecule has 0 aliphatic rings. The van der Waals surface area contributed by atoms with Gasteiger partial charge >= 0.3 is 6.18 Å². The summed E-state index contributed by atoms with van der Waals surface area (Å²) < 4.78 is 39.0. The third-order valence-corrected chi connectivity index (χ3v) is 2.81. The molecule has 0 fully saturated rings. The highest BCUT2D eigenvalue weighted by Gasteiger charge is 2.34. The molecule has 0 heterocycles. The van der Waals surface area contributed by atoms with Crippen molar-refractivity contribution in [3.05, 3.63) is 35.2 Å². The van der Waals surface area contributed by atoms with Crippen LogP contribution in [0.3, 0.4) is 0 Å². The number of anilines is 1. The quantitative estimate of drug-likeness (QED) is 0.848. The fourth-order valence-electron chi connectivity index (χ4n) is 2.04. The molecule has 0 aromatic heterocycles. The van der Waals surface area contributed by atoms with Crippen LogP contribution in [0, 0.1) is 12.0 Å². The van der Waals surface area contributed by atoms with Crippen molar-refractivity contribution in [2.75, 3.05) is 24.6 Å². The number of rotatable bonds is 4. The second kappa shape index (κ2) is 6.35. The molecule has 0 unspecified atom stereocenters. The molecule has 0 atom stereocenters. The minimum Gasteiger partial charge on any atom is -0.395 e. The molecule has 0 radical (unpaired) electrons. The van der Waals surface area contributed by atoms with E-state index in [-0.39, 0.29) is 18.6 Å². The third kappa shape index (κ3) is 4.94. The molecule has 1 aromatic rings. The van der Waals surface area contributed by atoms with Gasteiger partial charge in [-0.2, -0.15) is 13.2 Å². The summed E-state index contributed by atoms with van der Waals surface area (Å²) in [6, 6.07) is 3.65. The Morgan fingerprint density at radius 3 is 2.29 bits per heavy atom. The number of benzene rings is 1. The molecule has 21 heavy (non-hydrogen) atoms. The molecule has 0 saturated carbocycles. The molecule has 0 aliphatic carbocycles. The van der Waals surface area contributed by atoms with Gasteiger partial charge in [0.15, 0.2) is 5.69 Å². The van der Waals surface area contributed by atoms with E-state index in [2.05, 4.69) is 4.85 Å². The number of aliphatic hydroxyl groups is 1. The molecule has 0 amide bonds. The SMILES string of the molecule is [C-]#[N+]c1ccc(N(CCO)CC(C)(C)C)cc1C(F)(F)F. The van der Waals surface area contributed by atoms with Gasteiger partial charge in [-0.1, -0.05) is 26.8 Å². The molecule has 1 rings (SSSR count). The molecule has 0 spiro atoms. The molecule has 0 aliphatic heterocycles. The largest absolute Gasteiger partial charge is 0.407 e. The first-order chi connectivity index (χ1) is 9.58. The Morgan fingerprint density at radius 1 is 1.24 bits per heavy atom. The molecule has 116 valence electrons. The molecule has 1 aromatic carbocycles. The van der Waals surface area contributed by atoms with E-state index in [1.165, 1.54) is 12.1 Å². The average molecular weight is 300 g/mol. The van der Waals surface area contributed by atoms with Crippen LogP contribution in [0.15, 0.2) is 18.2 Å². The van der Waals surface area contributed by atoms with Crippen molar-refractivity contribution < 1.29 is 18.3 Å². The van der Waals surface area contributed by atoms with E-state index in [4.69, 9.17) is 11.7 Å². The van der Waals surface area contributed by atoms with E-state index in [9.17, 15) is 13.2 Å². The summed E-state index contributed by atoms with van der Waals surface area (Å²) in [4.78, 5) is 4.62. The van der Waals surface area contributed by atoms with Crippen LogP contribution < -0.4 is 4.90 Å². The maximum Gasteiger partial charge on any atom is 0.407 e. The van der Waals surface area contributed by atoms with E-state index in [1.54, 1.807) is 4.90 Å². The fourth-order valence-corrected chi connectivity index (χ4v) is 2.04. The second-order valence-corrected chi connectivity index (χ2v) is 6.02. The van der Waals surface area contributed by atoms with Crippen LogP contribution in [0.25, 0.3) is 4.85 Å². The predicted molar refractivity (Wildman–Crippen MR) is 76.5 cm³/mol. The molecular formula is C15H19F3N2O. The standard InChI is InChI=1S/C15H19F3N2O/c1-14(2,3)10-20(7-8-21)11-5-6-13(19-4)12(9-11)15(16,17)18/h5-6,9,21H,7-8,10H2,1-3H3. The summed E-state index contributed by atoms with van der Waals surface area (Å²) >= 11 is 0. The third-order valence-electron chi connectivity index (χ3n) is 2.81.